The van der Waals surface area contributed by atoms with Crippen molar-refractivity contribution in [2.45, 2.75) is 153 Å². The molecule has 0 aliphatic carbocycles. The molecule has 36 heteroatoms. The number of rotatable bonds is 40. The monoisotopic (exact) mass is 1300 g/mol. The Morgan fingerprint density at radius 2 is 0.775 bits per heavy atom. The first-order valence-electron chi connectivity index (χ1n) is 27.7. The fourth-order valence-corrected chi connectivity index (χ4v) is 8.39. The quantitative estimate of drug-likeness (QED) is 0.0271. The molecule has 0 saturated carbocycles. The molecule has 1 aromatic carbocycles. The molecule has 0 fully saturated rings. The summed E-state index contributed by atoms with van der Waals surface area (Å²) in [4.78, 5) is 194. The Morgan fingerprint density at radius 1 is 0.427 bits per heavy atom. The molecule has 13 atom stereocenters. The Bertz CT molecular complexity index is 2660. The summed E-state index contributed by atoms with van der Waals surface area (Å²) >= 11 is 5.43. The Morgan fingerprint density at radius 3 is 1.21 bits per heavy atom. The van der Waals surface area contributed by atoms with Crippen LogP contribution in [0.2, 0.25) is 0 Å². The number of hydrogen-bond donors (Lipinski definition) is 20. The van der Waals surface area contributed by atoms with Gasteiger partial charge in [0.25, 0.3) is 0 Å². The molecule has 0 bridgehead atoms. The minimum Gasteiger partial charge on any atom is -0.481 e. The van der Waals surface area contributed by atoms with Crippen LogP contribution in [0.5, 0.6) is 0 Å². The molecule has 0 saturated heterocycles. The average molecular weight is 1300 g/mol. The van der Waals surface area contributed by atoms with Gasteiger partial charge in [-0.05, 0) is 56.6 Å². The van der Waals surface area contributed by atoms with Crippen LogP contribution >= 0.6 is 24.4 Å². The molecule has 34 nitrogen and oxygen atoms in total. The lowest BCUT2D eigenvalue weighted by Gasteiger charge is -2.29. The number of carbonyl (C=O) groups is 15. The maximum absolute atomic E-state index is 13.7. The van der Waals surface area contributed by atoms with E-state index in [-0.39, 0.29) is 24.3 Å². The van der Waals surface area contributed by atoms with E-state index >= 15 is 0 Å². The molecule has 12 amide bonds. The second-order valence-corrected chi connectivity index (χ2v) is 22.3. The second kappa shape index (κ2) is 39.7. The van der Waals surface area contributed by atoms with Crippen molar-refractivity contribution in [3.63, 3.8) is 0 Å². The number of carboxylic acid groups (broad SMARTS) is 3. The van der Waals surface area contributed by atoms with E-state index in [1.54, 1.807) is 36.6 Å². The van der Waals surface area contributed by atoms with Crippen molar-refractivity contribution < 1.29 is 103 Å². The predicted octanol–water partition coefficient (Wildman–Crippen LogP) is -7.56. The fraction of sp³-hybridized carbons (Fsp3) is 0.604. The Labute approximate surface area is 521 Å². The third-order valence-electron chi connectivity index (χ3n) is 12.9. The van der Waals surface area contributed by atoms with E-state index in [0.717, 1.165) is 0 Å². The molecule has 0 aliphatic rings. The molecule has 498 valence electrons. The van der Waals surface area contributed by atoms with E-state index in [9.17, 15) is 97.5 Å². The number of carboxylic acids is 3. The SMILES string of the molecule is CSCC[C@H](NC(=O)[C@H](C)NC(=O)[C@H](C)NC(=O)[C@H](CS)NC(=O)[C@@H](NC(=O)[C@@H](NC(=O)[C@H](CO)NC(=O)[C@H](CC(=O)O)NC(=O)[C@@H](N)CC(=O)O)C(C)C)C(C)C)C(=O)N[C@@H](CO)C(=O)N[C@@H](CO)C(=O)N[C@@H](Cc1ccccc1)C(=O)N[C@@H](C)C(=O)O. The van der Waals surface area contributed by atoms with Gasteiger partial charge >= 0.3 is 17.9 Å². The maximum Gasteiger partial charge on any atom is 0.325 e. The molecule has 1 aromatic rings. The van der Waals surface area contributed by atoms with Crippen molar-refractivity contribution in [2.75, 3.05) is 37.6 Å². The van der Waals surface area contributed by atoms with Gasteiger partial charge in [0, 0.05) is 12.2 Å². The number of thiol groups is 1. The first-order chi connectivity index (χ1) is 41.7. The number of benzene rings is 1. The normalized spacial score (nSPS) is 15.4. The summed E-state index contributed by atoms with van der Waals surface area (Å²) in [5.41, 5.74) is 6.06. The summed E-state index contributed by atoms with van der Waals surface area (Å²) in [6.45, 7) is 6.49. The first kappa shape index (κ1) is 78.8. The Kier molecular flexibility index (Phi) is 35.1. The summed E-state index contributed by atoms with van der Waals surface area (Å²) in [5, 5.41) is 85.4. The maximum atomic E-state index is 13.7. The van der Waals surface area contributed by atoms with Crippen molar-refractivity contribution in [1.82, 2.24) is 63.8 Å². The van der Waals surface area contributed by atoms with Gasteiger partial charge in [-0.3, -0.25) is 71.9 Å². The highest BCUT2D eigenvalue weighted by Crippen LogP contribution is 2.10. The molecule has 0 spiro atoms. The molecule has 0 unspecified atom stereocenters. The molecule has 1 rings (SSSR count). The van der Waals surface area contributed by atoms with Crippen molar-refractivity contribution >= 4 is 113 Å². The third-order valence-corrected chi connectivity index (χ3v) is 13.9. The van der Waals surface area contributed by atoms with E-state index in [2.05, 4.69) is 71.1 Å². The van der Waals surface area contributed by atoms with Gasteiger partial charge in [-0.15, -0.1) is 0 Å². The number of aliphatic hydroxyl groups excluding tert-OH is 3. The summed E-state index contributed by atoms with van der Waals surface area (Å²) < 4.78 is 0. The van der Waals surface area contributed by atoms with Gasteiger partial charge in [0.2, 0.25) is 70.9 Å². The van der Waals surface area contributed by atoms with Gasteiger partial charge in [-0.1, -0.05) is 58.0 Å². The second-order valence-electron chi connectivity index (χ2n) is 20.9. The summed E-state index contributed by atoms with van der Waals surface area (Å²) in [5.74, 6) is -18.5. The van der Waals surface area contributed by atoms with E-state index in [1.165, 1.54) is 60.2 Å². The number of amides is 12. The standard InChI is InChI=1S/C53H83N13O21S2/c1-23(2)39(66-52(85)40(24(3)4)65-49(82)35(21-69)62-46(79)32(18-38(72)73)59-43(76)29(54)17-37(70)71)51(84)64-36(22-88)50(83)56-25(5)41(74)55-26(6)42(75)58-30(14-15-89-8)44(77)61-34(20-68)48(81)63-33(19-67)47(80)60-31(16-28-12-10-9-11-13-28)45(78)57-27(7)53(86)87/h9-13,23-27,29-36,39-40,67-69,88H,14-22,54H2,1-8H3,(H,55,74)(H,56,83)(H,57,78)(H,58,75)(H,59,76)(H,60,80)(H,61,77)(H,62,79)(H,63,81)(H,64,84)(H,65,82)(H,66,85)(H,70,71)(H,72,73)(H,86,87)/t25-,26-,27-,29-,30-,31-,32-,33-,34-,35-,36-,39-,40-/m0/s1. The van der Waals surface area contributed by atoms with Gasteiger partial charge in [0.1, 0.15) is 72.5 Å². The number of aliphatic carboxylic acids is 3. The lowest BCUT2D eigenvalue weighted by Crippen LogP contribution is -2.62. The Hall–Kier alpha value is -8.19. The number of carbonyl (C=O) groups excluding carboxylic acids is 12. The molecule has 89 heavy (non-hydrogen) atoms. The first-order valence-corrected chi connectivity index (χ1v) is 29.7. The number of nitrogens with two attached hydrogens (primary N) is 1. The average Bonchev–Trinajstić information content (AvgIpc) is 3.66. The third kappa shape index (κ3) is 27.8. The molecule has 20 N–H and O–H groups in total. The smallest absolute Gasteiger partial charge is 0.325 e. The van der Waals surface area contributed by atoms with Gasteiger partial charge < -0.3 is 100 Å². The van der Waals surface area contributed by atoms with Crippen molar-refractivity contribution in [2.24, 2.45) is 17.6 Å². The Balaban J connectivity index is 3.07. The molecule has 0 heterocycles. The van der Waals surface area contributed by atoms with Crippen LogP contribution in [0.3, 0.4) is 0 Å². The van der Waals surface area contributed by atoms with Crippen LogP contribution < -0.4 is 69.5 Å². The van der Waals surface area contributed by atoms with Crippen molar-refractivity contribution in [1.29, 1.82) is 0 Å². The minimum absolute atomic E-state index is 0.0564. The number of aliphatic hydroxyl groups is 3. The van der Waals surface area contributed by atoms with Gasteiger partial charge in [-0.2, -0.15) is 24.4 Å². The van der Waals surface area contributed by atoms with Crippen LogP contribution in [0.1, 0.15) is 73.3 Å². The van der Waals surface area contributed by atoms with Crippen LogP contribution in [-0.2, 0) is 78.3 Å². The van der Waals surface area contributed by atoms with Crippen LogP contribution in [0, 0.1) is 11.8 Å². The van der Waals surface area contributed by atoms with E-state index in [0.29, 0.717) is 5.56 Å². The van der Waals surface area contributed by atoms with Crippen molar-refractivity contribution in [3.05, 3.63) is 35.9 Å². The molecular formula is C53H83N13O21S2. The van der Waals surface area contributed by atoms with Crippen LogP contribution in [0.25, 0.3) is 0 Å². The molecule has 0 radical (unpaired) electrons. The van der Waals surface area contributed by atoms with E-state index < -0.39 is 212 Å². The highest BCUT2D eigenvalue weighted by atomic mass is 32.2. The lowest BCUT2D eigenvalue weighted by atomic mass is 9.99. The fourth-order valence-electron chi connectivity index (χ4n) is 7.66. The minimum atomic E-state index is -1.90. The van der Waals surface area contributed by atoms with Crippen LogP contribution in [0.15, 0.2) is 30.3 Å². The van der Waals surface area contributed by atoms with E-state index in [4.69, 9.17) is 10.8 Å². The van der Waals surface area contributed by atoms with Crippen LogP contribution in [0.4, 0.5) is 0 Å². The summed E-state index contributed by atoms with van der Waals surface area (Å²) in [6, 6.07) is -12.0. The van der Waals surface area contributed by atoms with Gasteiger partial charge in [0.05, 0.1) is 38.7 Å². The van der Waals surface area contributed by atoms with Gasteiger partial charge in [-0.25, -0.2) is 0 Å². The molecular weight excluding hydrogens is 1220 g/mol. The number of nitrogens with one attached hydrogen (secondary N) is 12. The summed E-state index contributed by atoms with van der Waals surface area (Å²) in [7, 11) is 0. The van der Waals surface area contributed by atoms with E-state index in [1.807, 2.05) is 5.32 Å². The zero-order chi connectivity index (χ0) is 68.0. The van der Waals surface area contributed by atoms with Gasteiger partial charge in [0.15, 0.2) is 0 Å². The lowest BCUT2D eigenvalue weighted by molar-refractivity contribution is -0.142. The summed E-state index contributed by atoms with van der Waals surface area (Å²) in [6.07, 6.45) is -0.432. The highest BCUT2D eigenvalue weighted by Gasteiger charge is 2.37. The predicted molar refractivity (Wildman–Crippen MR) is 318 cm³/mol. The topological polar surface area (TPSA) is 548 Å². The zero-order valence-corrected chi connectivity index (χ0v) is 51.9. The number of hydrogen-bond acceptors (Lipinski definition) is 21. The van der Waals surface area contributed by atoms with Crippen molar-refractivity contribution in [3.8, 4) is 0 Å². The highest BCUT2D eigenvalue weighted by molar-refractivity contribution is 7.98. The largest absolute Gasteiger partial charge is 0.481 e. The number of thioether (sulfide) groups is 1. The molecule has 0 aromatic heterocycles. The zero-order valence-electron chi connectivity index (χ0n) is 50.2. The molecule has 0 aliphatic heterocycles. The van der Waals surface area contributed by atoms with Crippen LogP contribution in [-0.4, -0.2) is 236 Å².